The third-order valence-corrected chi connectivity index (χ3v) is 5.50. The molecule has 0 atom stereocenters. The Bertz CT molecular complexity index is 798. The van der Waals surface area contributed by atoms with E-state index < -0.39 is 5.79 Å². The van der Waals surface area contributed by atoms with Crippen LogP contribution in [-0.2, 0) is 15.9 Å². The average Bonchev–Trinajstić information content (AvgIpc) is 3.20. The fraction of sp³-hybridized carbons (Fsp3) is 0.476. The molecule has 0 unspecified atom stereocenters. The van der Waals surface area contributed by atoms with Gasteiger partial charge in [0.15, 0.2) is 5.79 Å². The average molecular weight is 382 g/mol. The number of piperidine rings is 1. The van der Waals surface area contributed by atoms with Crippen molar-refractivity contribution in [3.05, 3.63) is 54.1 Å². The van der Waals surface area contributed by atoms with Gasteiger partial charge in [-0.05, 0) is 36.2 Å². The molecule has 2 aliphatic rings. The smallest absolute Gasteiger partial charge is 0.272 e. The Labute approximate surface area is 165 Å². The van der Waals surface area contributed by atoms with Crippen molar-refractivity contribution in [1.82, 2.24) is 14.9 Å². The highest BCUT2D eigenvalue weighted by atomic mass is 16.7. The molecule has 2 aromatic rings. The van der Waals surface area contributed by atoms with Crippen molar-refractivity contribution in [3.8, 4) is 0 Å². The Hall–Kier alpha value is -2.51. The van der Waals surface area contributed by atoms with Gasteiger partial charge in [0, 0.05) is 63.8 Å². The van der Waals surface area contributed by atoms with Crippen LogP contribution in [0.5, 0.6) is 0 Å². The monoisotopic (exact) mass is 382 g/mol. The lowest BCUT2D eigenvalue weighted by molar-refractivity contribution is -0.169. The van der Waals surface area contributed by atoms with E-state index in [1.807, 2.05) is 31.3 Å². The molecule has 0 N–H and O–H groups in total. The first kappa shape index (κ1) is 18.8. The second kappa shape index (κ2) is 8.24. The molecule has 2 aromatic heterocycles. The lowest BCUT2D eigenvalue weighted by Crippen LogP contribution is -2.45. The second-order valence-corrected chi connectivity index (χ2v) is 7.33. The topological polar surface area (TPSA) is 67.8 Å². The Morgan fingerprint density at radius 2 is 1.86 bits per heavy atom. The molecule has 28 heavy (non-hydrogen) atoms. The molecule has 7 nitrogen and oxygen atoms in total. The standard InChI is InChI=1S/C21H26N4O3/c1-24(11-5-17-2-8-22-9-3-17)20(26)19-16-18(4-10-23-19)25-12-6-21(7-13-25)27-14-15-28-21/h2-4,8-10,16H,5-7,11-15H2,1H3. The number of aromatic nitrogens is 2. The number of rotatable bonds is 5. The summed E-state index contributed by atoms with van der Waals surface area (Å²) in [6, 6.07) is 7.79. The van der Waals surface area contributed by atoms with Gasteiger partial charge < -0.3 is 19.3 Å². The summed E-state index contributed by atoms with van der Waals surface area (Å²) in [6.07, 6.45) is 7.72. The first-order valence-corrected chi connectivity index (χ1v) is 9.79. The van der Waals surface area contributed by atoms with Crippen molar-refractivity contribution >= 4 is 11.6 Å². The van der Waals surface area contributed by atoms with E-state index in [-0.39, 0.29) is 5.91 Å². The predicted molar refractivity (Wildman–Crippen MR) is 105 cm³/mol. The van der Waals surface area contributed by atoms with E-state index in [4.69, 9.17) is 9.47 Å². The SMILES string of the molecule is CN(CCc1ccncc1)C(=O)c1cc(N2CCC3(CC2)OCCO3)ccn1. The van der Waals surface area contributed by atoms with E-state index in [0.717, 1.165) is 43.6 Å². The van der Waals surface area contributed by atoms with Crippen LogP contribution in [0.2, 0.25) is 0 Å². The summed E-state index contributed by atoms with van der Waals surface area (Å²) in [5, 5.41) is 0. The number of carbonyl (C=O) groups is 1. The van der Waals surface area contributed by atoms with Gasteiger partial charge in [-0.25, -0.2) is 0 Å². The molecule has 7 heteroatoms. The lowest BCUT2D eigenvalue weighted by Gasteiger charge is -2.38. The third-order valence-electron chi connectivity index (χ3n) is 5.50. The number of anilines is 1. The summed E-state index contributed by atoms with van der Waals surface area (Å²) >= 11 is 0. The van der Waals surface area contributed by atoms with Gasteiger partial charge in [-0.15, -0.1) is 0 Å². The fourth-order valence-electron chi connectivity index (χ4n) is 3.77. The van der Waals surface area contributed by atoms with Gasteiger partial charge in [0.1, 0.15) is 5.69 Å². The van der Waals surface area contributed by atoms with Gasteiger partial charge in [-0.2, -0.15) is 0 Å². The molecule has 0 saturated carbocycles. The first-order valence-electron chi connectivity index (χ1n) is 9.79. The van der Waals surface area contributed by atoms with Gasteiger partial charge in [-0.3, -0.25) is 14.8 Å². The fourth-order valence-corrected chi connectivity index (χ4v) is 3.77. The van der Waals surface area contributed by atoms with Crippen LogP contribution in [-0.4, -0.2) is 66.5 Å². The van der Waals surface area contributed by atoms with Crippen molar-refractivity contribution in [2.75, 3.05) is 44.8 Å². The van der Waals surface area contributed by atoms with Crippen molar-refractivity contribution in [2.24, 2.45) is 0 Å². The highest BCUT2D eigenvalue weighted by Crippen LogP contribution is 2.33. The van der Waals surface area contributed by atoms with Gasteiger partial charge >= 0.3 is 0 Å². The molecule has 0 aromatic carbocycles. The zero-order valence-corrected chi connectivity index (χ0v) is 16.2. The second-order valence-electron chi connectivity index (χ2n) is 7.33. The number of ether oxygens (including phenoxy) is 2. The maximum atomic E-state index is 12.8. The van der Waals surface area contributed by atoms with Crippen LogP contribution >= 0.6 is 0 Å². The van der Waals surface area contributed by atoms with Crippen molar-refractivity contribution in [3.63, 3.8) is 0 Å². The number of hydrogen-bond acceptors (Lipinski definition) is 6. The third kappa shape index (κ3) is 4.15. The molecule has 1 spiro atoms. The minimum atomic E-state index is -0.393. The lowest BCUT2D eigenvalue weighted by atomic mass is 10.0. The maximum Gasteiger partial charge on any atom is 0.272 e. The zero-order chi connectivity index (χ0) is 19.4. The Morgan fingerprint density at radius 1 is 1.14 bits per heavy atom. The van der Waals surface area contributed by atoms with Crippen molar-refractivity contribution in [1.29, 1.82) is 0 Å². The number of hydrogen-bond donors (Lipinski definition) is 0. The van der Waals surface area contributed by atoms with E-state index in [9.17, 15) is 4.79 Å². The number of carbonyl (C=O) groups excluding carboxylic acids is 1. The molecule has 0 aliphatic carbocycles. The van der Waals surface area contributed by atoms with Gasteiger partial charge in [0.2, 0.25) is 0 Å². The first-order chi connectivity index (χ1) is 13.7. The van der Waals surface area contributed by atoms with Crippen molar-refractivity contribution in [2.45, 2.75) is 25.0 Å². The zero-order valence-electron chi connectivity index (χ0n) is 16.2. The largest absolute Gasteiger partial charge is 0.371 e. The van der Waals surface area contributed by atoms with Gasteiger partial charge in [-0.1, -0.05) is 0 Å². The molecule has 4 rings (SSSR count). The number of likely N-dealkylation sites (N-methyl/N-ethyl adjacent to an activating group) is 1. The minimum absolute atomic E-state index is 0.0631. The summed E-state index contributed by atoms with van der Waals surface area (Å²) in [4.78, 5) is 25.1. The molecule has 4 heterocycles. The summed E-state index contributed by atoms with van der Waals surface area (Å²) in [6.45, 7) is 3.68. The van der Waals surface area contributed by atoms with Gasteiger partial charge in [0.25, 0.3) is 5.91 Å². The van der Waals surface area contributed by atoms with Crippen LogP contribution in [0.25, 0.3) is 0 Å². The summed E-state index contributed by atoms with van der Waals surface area (Å²) < 4.78 is 11.6. The number of pyridine rings is 2. The maximum absolute atomic E-state index is 12.8. The molecule has 2 saturated heterocycles. The van der Waals surface area contributed by atoms with Gasteiger partial charge in [0.05, 0.1) is 13.2 Å². The molecular weight excluding hydrogens is 356 g/mol. The molecule has 148 valence electrons. The van der Waals surface area contributed by atoms with Crippen LogP contribution < -0.4 is 4.90 Å². The Balaban J connectivity index is 1.37. The molecular formula is C21H26N4O3. The van der Waals surface area contributed by atoms with Crippen molar-refractivity contribution < 1.29 is 14.3 Å². The highest BCUT2D eigenvalue weighted by Gasteiger charge is 2.39. The van der Waals surface area contributed by atoms with E-state index >= 15 is 0 Å². The summed E-state index contributed by atoms with van der Waals surface area (Å²) in [7, 11) is 1.82. The quantitative estimate of drug-likeness (QED) is 0.789. The predicted octanol–water partition coefficient (Wildman–Crippen LogP) is 2.13. The van der Waals surface area contributed by atoms with E-state index in [0.29, 0.717) is 25.5 Å². The Kier molecular flexibility index (Phi) is 5.54. The number of amides is 1. The molecule has 0 radical (unpaired) electrons. The minimum Gasteiger partial charge on any atom is -0.371 e. The summed E-state index contributed by atoms with van der Waals surface area (Å²) in [5.41, 5.74) is 2.66. The normalized spacial score (nSPS) is 18.4. The Morgan fingerprint density at radius 3 is 2.57 bits per heavy atom. The number of nitrogens with zero attached hydrogens (tertiary/aromatic N) is 4. The van der Waals surface area contributed by atoms with Crippen LogP contribution in [0, 0.1) is 0 Å². The van der Waals surface area contributed by atoms with E-state index in [1.54, 1.807) is 23.5 Å². The molecule has 0 bridgehead atoms. The van der Waals surface area contributed by atoms with Crippen LogP contribution in [0.4, 0.5) is 5.69 Å². The van der Waals surface area contributed by atoms with Crippen LogP contribution in [0.15, 0.2) is 42.9 Å². The van der Waals surface area contributed by atoms with Crippen LogP contribution in [0.3, 0.4) is 0 Å². The van der Waals surface area contributed by atoms with E-state index in [2.05, 4.69) is 14.9 Å². The van der Waals surface area contributed by atoms with Crippen LogP contribution in [0.1, 0.15) is 28.9 Å². The molecule has 2 fully saturated rings. The molecule has 1 amide bonds. The highest BCUT2D eigenvalue weighted by molar-refractivity contribution is 5.93. The molecule has 2 aliphatic heterocycles. The van der Waals surface area contributed by atoms with E-state index in [1.165, 1.54) is 0 Å². The summed E-state index contributed by atoms with van der Waals surface area (Å²) in [5.74, 6) is -0.457.